The molecule has 0 spiro atoms. The summed E-state index contributed by atoms with van der Waals surface area (Å²) in [5.41, 5.74) is 3.59. The van der Waals surface area contributed by atoms with Gasteiger partial charge >= 0.3 is 0 Å². The van der Waals surface area contributed by atoms with E-state index < -0.39 is 7.14 Å². The van der Waals surface area contributed by atoms with Crippen LogP contribution in [0.2, 0.25) is 0 Å². The van der Waals surface area contributed by atoms with Gasteiger partial charge < -0.3 is 4.57 Å². The van der Waals surface area contributed by atoms with Crippen molar-refractivity contribution in [3.63, 3.8) is 0 Å². The maximum atomic E-state index is 12.0. The van der Waals surface area contributed by atoms with Crippen molar-refractivity contribution in [2.45, 2.75) is 13.8 Å². The molecule has 3 heteroatoms. The average Bonchev–Trinajstić information content (AvgIpc) is 2.08. The van der Waals surface area contributed by atoms with Crippen molar-refractivity contribution in [2.24, 2.45) is 0 Å². The first-order valence-electron chi connectivity index (χ1n) is 3.79. The van der Waals surface area contributed by atoms with Crippen LogP contribution in [0.15, 0.2) is 11.1 Å². The Balaban J connectivity index is 2.65. The van der Waals surface area contributed by atoms with Gasteiger partial charge in [0.05, 0.1) is 0 Å². The number of allylic oxidation sites excluding steroid dienone is 2. The summed E-state index contributed by atoms with van der Waals surface area (Å²) >= 11 is 1.71. The Morgan fingerprint density at radius 2 is 1.82 bits per heavy atom. The zero-order chi connectivity index (χ0) is 8.48. The Morgan fingerprint density at radius 3 is 2.18 bits per heavy atom. The second-order valence-corrected chi connectivity index (χ2v) is 7.71. The zero-order valence-electron chi connectivity index (χ0n) is 7.39. The third kappa shape index (κ3) is 2.13. The van der Waals surface area contributed by atoms with E-state index in [2.05, 4.69) is 13.8 Å². The summed E-state index contributed by atoms with van der Waals surface area (Å²) in [6.45, 7) is 4.21. The molecule has 0 aromatic rings. The first-order chi connectivity index (χ1) is 5.07. The lowest BCUT2D eigenvalue weighted by Crippen LogP contribution is -1.89. The van der Waals surface area contributed by atoms with Gasteiger partial charge in [0, 0.05) is 17.8 Å². The quantitative estimate of drug-likeness (QED) is 0.492. The Hall–Kier alpha value is 0.320. The van der Waals surface area contributed by atoms with Crippen molar-refractivity contribution in [3.8, 4) is 0 Å². The van der Waals surface area contributed by atoms with Crippen LogP contribution in [-0.4, -0.2) is 24.1 Å². The molecule has 0 saturated carbocycles. The molecule has 1 aliphatic heterocycles. The third-order valence-electron chi connectivity index (χ3n) is 2.14. The van der Waals surface area contributed by atoms with Gasteiger partial charge in [-0.15, -0.1) is 0 Å². The number of hydrogen-bond acceptors (Lipinski definition) is 2. The molecule has 1 aliphatic rings. The van der Waals surface area contributed by atoms with Crippen molar-refractivity contribution in [1.29, 1.82) is 0 Å². The Morgan fingerprint density at radius 1 is 1.36 bits per heavy atom. The van der Waals surface area contributed by atoms with Gasteiger partial charge in [0.1, 0.15) is 7.14 Å². The molecular weight excluding hydrogens is 175 g/mol. The molecule has 1 nitrogen and oxygen atoms in total. The Kier molecular flexibility index (Phi) is 2.88. The van der Waals surface area contributed by atoms with E-state index in [0.717, 1.165) is 17.8 Å². The molecule has 0 unspecified atom stereocenters. The standard InChI is InChI=1S/C8H15OPS/c1-7-4-10(9,6-11-3)5-8(7)2/h4-6H2,1-3H3. The lowest BCUT2D eigenvalue weighted by Gasteiger charge is -2.08. The second kappa shape index (κ2) is 3.37. The summed E-state index contributed by atoms with van der Waals surface area (Å²) < 4.78 is 12.0. The van der Waals surface area contributed by atoms with Gasteiger partial charge in [0.2, 0.25) is 0 Å². The van der Waals surface area contributed by atoms with Crippen LogP contribution in [-0.2, 0) is 4.57 Å². The monoisotopic (exact) mass is 190 g/mol. The lowest BCUT2D eigenvalue weighted by atomic mass is 10.2. The van der Waals surface area contributed by atoms with Crippen LogP contribution < -0.4 is 0 Å². The number of rotatable bonds is 2. The summed E-state index contributed by atoms with van der Waals surface area (Å²) in [6.07, 6.45) is 3.78. The van der Waals surface area contributed by atoms with Crippen molar-refractivity contribution in [3.05, 3.63) is 11.1 Å². The van der Waals surface area contributed by atoms with Crippen LogP contribution in [0, 0.1) is 0 Å². The maximum absolute atomic E-state index is 12.0. The molecule has 0 radical (unpaired) electrons. The largest absolute Gasteiger partial charge is 0.322 e. The minimum absolute atomic E-state index is 0.863. The van der Waals surface area contributed by atoms with E-state index in [1.165, 1.54) is 11.1 Å². The topological polar surface area (TPSA) is 17.1 Å². The van der Waals surface area contributed by atoms with E-state index >= 15 is 0 Å². The van der Waals surface area contributed by atoms with E-state index in [1.54, 1.807) is 11.8 Å². The minimum Gasteiger partial charge on any atom is -0.322 e. The molecular formula is C8H15OPS. The Labute approximate surface area is 73.0 Å². The fourth-order valence-electron chi connectivity index (χ4n) is 1.52. The molecule has 0 bridgehead atoms. The summed E-state index contributed by atoms with van der Waals surface area (Å²) in [6, 6.07) is 0. The molecule has 0 atom stereocenters. The number of thioether (sulfide) groups is 1. The summed E-state index contributed by atoms with van der Waals surface area (Å²) in [4.78, 5) is 0. The Bertz CT molecular complexity index is 214. The van der Waals surface area contributed by atoms with E-state index in [1.807, 2.05) is 6.26 Å². The van der Waals surface area contributed by atoms with Gasteiger partial charge in [-0.2, -0.15) is 11.8 Å². The molecule has 64 valence electrons. The SMILES string of the molecule is CSCP1(=O)CC(C)=C(C)C1. The van der Waals surface area contributed by atoms with Crippen molar-refractivity contribution >= 4 is 18.9 Å². The first-order valence-corrected chi connectivity index (χ1v) is 7.44. The number of hydrogen-bond donors (Lipinski definition) is 0. The predicted octanol–water partition coefficient (Wildman–Crippen LogP) is 3.02. The van der Waals surface area contributed by atoms with Crippen LogP contribution in [0.3, 0.4) is 0 Å². The van der Waals surface area contributed by atoms with Crippen LogP contribution >= 0.6 is 18.9 Å². The van der Waals surface area contributed by atoms with Gasteiger partial charge in [0.15, 0.2) is 0 Å². The summed E-state index contributed by atoms with van der Waals surface area (Å²) in [5.74, 6) is 0. The minimum atomic E-state index is -1.79. The van der Waals surface area contributed by atoms with Gasteiger partial charge in [-0.1, -0.05) is 11.1 Å². The van der Waals surface area contributed by atoms with Gasteiger partial charge in [-0.25, -0.2) is 0 Å². The predicted molar refractivity (Wildman–Crippen MR) is 54.1 cm³/mol. The zero-order valence-corrected chi connectivity index (χ0v) is 9.10. The highest BCUT2D eigenvalue weighted by Crippen LogP contribution is 2.55. The molecule has 0 amide bonds. The molecule has 11 heavy (non-hydrogen) atoms. The van der Waals surface area contributed by atoms with E-state index in [4.69, 9.17) is 0 Å². The second-order valence-electron chi connectivity index (χ2n) is 3.35. The first kappa shape index (κ1) is 9.41. The highest BCUT2D eigenvalue weighted by Gasteiger charge is 2.28. The average molecular weight is 190 g/mol. The molecule has 0 aliphatic carbocycles. The maximum Gasteiger partial charge on any atom is 0.105 e. The van der Waals surface area contributed by atoms with Crippen LogP contribution in [0.4, 0.5) is 0 Å². The fraction of sp³-hybridized carbons (Fsp3) is 0.750. The fourth-order valence-corrected chi connectivity index (χ4v) is 6.51. The highest BCUT2D eigenvalue weighted by atomic mass is 32.2. The van der Waals surface area contributed by atoms with Crippen LogP contribution in [0.25, 0.3) is 0 Å². The van der Waals surface area contributed by atoms with Crippen molar-refractivity contribution < 1.29 is 4.57 Å². The molecule has 1 rings (SSSR count). The van der Waals surface area contributed by atoms with Crippen LogP contribution in [0.1, 0.15) is 13.8 Å². The van der Waals surface area contributed by atoms with E-state index in [0.29, 0.717) is 0 Å². The lowest BCUT2D eigenvalue weighted by molar-refractivity contribution is 0.582. The molecule has 0 saturated heterocycles. The highest BCUT2D eigenvalue weighted by molar-refractivity contribution is 8.05. The molecule has 0 aromatic heterocycles. The van der Waals surface area contributed by atoms with Crippen molar-refractivity contribution in [2.75, 3.05) is 24.1 Å². The van der Waals surface area contributed by atoms with E-state index in [-0.39, 0.29) is 0 Å². The van der Waals surface area contributed by atoms with Crippen LogP contribution in [0.5, 0.6) is 0 Å². The summed E-state index contributed by atoms with van der Waals surface area (Å²) in [7, 11) is -1.79. The smallest absolute Gasteiger partial charge is 0.105 e. The van der Waals surface area contributed by atoms with Crippen molar-refractivity contribution in [1.82, 2.24) is 0 Å². The van der Waals surface area contributed by atoms with Gasteiger partial charge in [-0.3, -0.25) is 0 Å². The summed E-state index contributed by atoms with van der Waals surface area (Å²) in [5, 5.41) is 0. The molecule has 1 heterocycles. The third-order valence-corrected chi connectivity index (χ3v) is 7.16. The molecule has 0 fully saturated rings. The molecule has 0 N–H and O–H groups in total. The molecule has 0 aromatic carbocycles. The van der Waals surface area contributed by atoms with Gasteiger partial charge in [-0.05, 0) is 20.1 Å². The normalized spacial score (nSPS) is 22.8. The van der Waals surface area contributed by atoms with Gasteiger partial charge in [0.25, 0.3) is 0 Å². The van der Waals surface area contributed by atoms with E-state index in [9.17, 15) is 4.57 Å².